The summed E-state index contributed by atoms with van der Waals surface area (Å²) < 4.78 is 0. The predicted octanol–water partition coefficient (Wildman–Crippen LogP) is 2.04. The van der Waals surface area contributed by atoms with Gasteiger partial charge in [-0.25, -0.2) is 0 Å². The van der Waals surface area contributed by atoms with Crippen molar-refractivity contribution in [1.82, 2.24) is 4.90 Å². The SMILES string of the molecule is CC(C)CCN1C(=O)CC[C@@H]1C. The molecule has 2 nitrogen and oxygen atoms in total. The van der Waals surface area contributed by atoms with Crippen molar-refractivity contribution in [3.05, 3.63) is 0 Å². The third-order valence-corrected chi connectivity index (χ3v) is 2.58. The fourth-order valence-electron chi connectivity index (χ4n) is 1.62. The van der Waals surface area contributed by atoms with Crippen molar-refractivity contribution in [3.8, 4) is 0 Å². The lowest BCUT2D eigenvalue weighted by atomic mass is 10.1. The summed E-state index contributed by atoms with van der Waals surface area (Å²) in [4.78, 5) is 13.4. The number of likely N-dealkylation sites (tertiary alicyclic amines) is 1. The van der Waals surface area contributed by atoms with Crippen LogP contribution in [-0.4, -0.2) is 23.4 Å². The number of nitrogens with zero attached hydrogens (tertiary/aromatic N) is 1. The second-order valence-electron chi connectivity index (χ2n) is 4.16. The molecule has 0 N–H and O–H groups in total. The molecule has 1 heterocycles. The van der Waals surface area contributed by atoms with Gasteiger partial charge in [0.15, 0.2) is 0 Å². The van der Waals surface area contributed by atoms with Crippen LogP contribution in [0, 0.1) is 5.92 Å². The molecule has 1 aliphatic rings. The maximum Gasteiger partial charge on any atom is 0.222 e. The molecule has 0 saturated carbocycles. The summed E-state index contributed by atoms with van der Waals surface area (Å²) in [5, 5.41) is 0. The highest BCUT2D eigenvalue weighted by atomic mass is 16.2. The Morgan fingerprint density at radius 2 is 2.25 bits per heavy atom. The number of hydrogen-bond donors (Lipinski definition) is 0. The first-order chi connectivity index (χ1) is 5.61. The normalized spacial score (nSPS) is 24.2. The molecule has 0 spiro atoms. The molecule has 1 atom stereocenters. The molecule has 12 heavy (non-hydrogen) atoms. The summed E-state index contributed by atoms with van der Waals surface area (Å²) in [5.41, 5.74) is 0. The van der Waals surface area contributed by atoms with E-state index in [2.05, 4.69) is 20.8 Å². The zero-order valence-corrected chi connectivity index (χ0v) is 8.34. The van der Waals surface area contributed by atoms with Gasteiger partial charge in [-0.2, -0.15) is 0 Å². The van der Waals surface area contributed by atoms with Gasteiger partial charge in [0.25, 0.3) is 0 Å². The first-order valence-electron chi connectivity index (χ1n) is 4.90. The summed E-state index contributed by atoms with van der Waals surface area (Å²) in [6, 6.07) is 0.483. The number of carbonyl (C=O) groups is 1. The van der Waals surface area contributed by atoms with E-state index in [1.807, 2.05) is 4.90 Å². The fraction of sp³-hybridized carbons (Fsp3) is 0.900. The van der Waals surface area contributed by atoms with E-state index < -0.39 is 0 Å². The van der Waals surface area contributed by atoms with E-state index >= 15 is 0 Å². The van der Waals surface area contributed by atoms with Crippen LogP contribution < -0.4 is 0 Å². The van der Waals surface area contributed by atoms with Gasteiger partial charge in [0.1, 0.15) is 0 Å². The Morgan fingerprint density at radius 1 is 1.58 bits per heavy atom. The van der Waals surface area contributed by atoms with Crippen LogP contribution in [-0.2, 0) is 4.79 Å². The molecule has 1 aliphatic heterocycles. The molecule has 2 heteroatoms. The van der Waals surface area contributed by atoms with Crippen LogP contribution in [0.5, 0.6) is 0 Å². The lowest BCUT2D eigenvalue weighted by Crippen LogP contribution is -2.32. The minimum Gasteiger partial charge on any atom is -0.340 e. The molecule has 1 saturated heterocycles. The largest absolute Gasteiger partial charge is 0.340 e. The molecule has 0 aliphatic carbocycles. The van der Waals surface area contributed by atoms with E-state index in [-0.39, 0.29) is 0 Å². The molecule has 0 radical (unpaired) electrons. The molecule has 1 fully saturated rings. The van der Waals surface area contributed by atoms with Gasteiger partial charge in [0.2, 0.25) is 5.91 Å². The van der Waals surface area contributed by atoms with E-state index in [0.717, 1.165) is 25.8 Å². The zero-order chi connectivity index (χ0) is 9.14. The van der Waals surface area contributed by atoms with E-state index in [4.69, 9.17) is 0 Å². The molecular weight excluding hydrogens is 150 g/mol. The number of amides is 1. The van der Waals surface area contributed by atoms with Crippen molar-refractivity contribution in [2.45, 2.75) is 46.1 Å². The third kappa shape index (κ3) is 2.23. The van der Waals surface area contributed by atoms with Crippen molar-refractivity contribution in [3.63, 3.8) is 0 Å². The minimum atomic E-state index is 0.350. The van der Waals surface area contributed by atoms with Crippen molar-refractivity contribution >= 4 is 5.91 Å². The van der Waals surface area contributed by atoms with Gasteiger partial charge in [-0.1, -0.05) is 13.8 Å². The third-order valence-electron chi connectivity index (χ3n) is 2.58. The molecule has 1 amide bonds. The first kappa shape index (κ1) is 9.56. The zero-order valence-electron chi connectivity index (χ0n) is 8.34. The van der Waals surface area contributed by atoms with Crippen LogP contribution in [0.2, 0.25) is 0 Å². The quantitative estimate of drug-likeness (QED) is 0.633. The Bertz CT molecular complexity index is 165. The Balaban J connectivity index is 2.34. The van der Waals surface area contributed by atoms with Crippen molar-refractivity contribution < 1.29 is 4.79 Å². The summed E-state index contributed by atoms with van der Waals surface area (Å²) in [7, 11) is 0. The van der Waals surface area contributed by atoms with Crippen LogP contribution in [0.25, 0.3) is 0 Å². The van der Waals surface area contributed by atoms with Gasteiger partial charge in [-0.15, -0.1) is 0 Å². The minimum absolute atomic E-state index is 0.350. The Morgan fingerprint density at radius 3 is 2.67 bits per heavy atom. The molecule has 0 unspecified atom stereocenters. The van der Waals surface area contributed by atoms with Gasteiger partial charge in [-0.3, -0.25) is 4.79 Å². The smallest absolute Gasteiger partial charge is 0.222 e. The van der Waals surface area contributed by atoms with Gasteiger partial charge >= 0.3 is 0 Å². The van der Waals surface area contributed by atoms with E-state index in [1.54, 1.807) is 0 Å². The molecular formula is C10H19NO. The average Bonchev–Trinajstić information content (AvgIpc) is 2.28. The predicted molar refractivity (Wildman–Crippen MR) is 49.9 cm³/mol. The molecule has 0 aromatic carbocycles. The second-order valence-corrected chi connectivity index (χ2v) is 4.16. The summed E-state index contributed by atoms with van der Waals surface area (Å²) in [6.07, 6.45) is 2.95. The van der Waals surface area contributed by atoms with Gasteiger partial charge in [0, 0.05) is 19.0 Å². The van der Waals surface area contributed by atoms with Gasteiger partial charge < -0.3 is 4.90 Å². The summed E-state index contributed by atoms with van der Waals surface area (Å²) >= 11 is 0. The maximum absolute atomic E-state index is 11.3. The van der Waals surface area contributed by atoms with Crippen molar-refractivity contribution in [1.29, 1.82) is 0 Å². The maximum atomic E-state index is 11.3. The van der Waals surface area contributed by atoms with Crippen LogP contribution >= 0.6 is 0 Å². The highest BCUT2D eigenvalue weighted by Crippen LogP contribution is 2.18. The highest BCUT2D eigenvalue weighted by molar-refractivity contribution is 5.78. The Hall–Kier alpha value is -0.530. The van der Waals surface area contributed by atoms with Crippen LogP contribution in [0.3, 0.4) is 0 Å². The molecule has 0 aromatic heterocycles. The molecule has 0 bridgehead atoms. The summed E-state index contributed by atoms with van der Waals surface area (Å²) in [5.74, 6) is 1.05. The van der Waals surface area contributed by atoms with E-state index in [1.165, 1.54) is 0 Å². The first-order valence-corrected chi connectivity index (χ1v) is 4.90. The lowest BCUT2D eigenvalue weighted by molar-refractivity contribution is -0.128. The van der Waals surface area contributed by atoms with Crippen LogP contribution in [0.15, 0.2) is 0 Å². The van der Waals surface area contributed by atoms with Gasteiger partial charge in [-0.05, 0) is 25.7 Å². The van der Waals surface area contributed by atoms with E-state index in [9.17, 15) is 4.79 Å². The number of hydrogen-bond acceptors (Lipinski definition) is 1. The highest BCUT2D eigenvalue weighted by Gasteiger charge is 2.26. The van der Waals surface area contributed by atoms with Crippen LogP contribution in [0.1, 0.15) is 40.0 Å². The Kier molecular flexibility index (Phi) is 3.12. The number of carbonyl (C=O) groups excluding carboxylic acids is 1. The standard InChI is InChI=1S/C10H19NO/c1-8(2)6-7-11-9(3)4-5-10(11)12/h8-9H,4-7H2,1-3H3/t9-/m0/s1. The van der Waals surface area contributed by atoms with E-state index in [0.29, 0.717) is 17.9 Å². The molecule has 1 rings (SSSR count). The number of rotatable bonds is 3. The van der Waals surface area contributed by atoms with Crippen molar-refractivity contribution in [2.24, 2.45) is 5.92 Å². The lowest BCUT2D eigenvalue weighted by Gasteiger charge is -2.22. The summed E-state index contributed by atoms with van der Waals surface area (Å²) in [6.45, 7) is 7.50. The Labute approximate surface area is 74.9 Å². The topological polar surface area (TPSA) is 20.3 Å². The van der Waals surface area contributed by atoms with Crippen LogP contribution in [0.4, 0.5) is 0 Å². The van der Waals surface area contributed by atoms with Crippen molar-refractivity contribution in [2.75, 3.05) is 6.54 Å². The molecule has 70 valence electrons. The van der Waals surface area contributed by atoms with Gasteiger partial charge in [0.05, 0.1) is 0 Å². The average molecular weight is 169 g/mol. The monoisotopic (exact) mass is 169 g/mol. The fourth-order valence-corrected chi connectivity index (χ4v) is 1.62. The molecule has 0 aromatic rings. The second kappa shape index (κ2) is 3.92.